The molecule has 4 rings (SSSR count). The molecule has 4 aromatic carbocycles. The van der Waals surface area contributed by atoms with Gasteiger partial charge in [-0.2, -0.15) is 0 Å². The van der Waals surface area contributed by atoms with Crippen molar-refractivity contribution in [2.24, 2.45) is 9.98 Å². The fourth-order valence-corrected chi connectivity index (χ4v) is 4.20. The van der Waals surface area contributed by atoms with Gasteiger partial charge in [0.25, 0.3) is 0 Å². The predicted molar refractivity (Wildman–Crippen MR) is 157 cm³/mol. The fourth-order valence-electron chi connectivity index (χ4n) is 4.20. The molecule has 4 aromatic rings. The van der Waals surface area contributed by atoms with Crippen molar-refractivity contribution < 1.29 is 0 Å². The maximum Gasteiger partial charge on any atom is 0.0709 e. The van der Waals surface area contributed by atoms with Crippen LogP contribution in [0.2, 0.25) is 0 Å². The van der Waals surface area contributed by atoms with Gasteiger partial charge >= 0.3 is 0 Å². The summed E-state index contributed by atoms with van der Waals surface area (Å²) in [4.78, 5) is 8.82. The van der Waals surface area contributed by atoms with Crippen LogP contribution in [0.5, 0.6) is 0 Å². The van der Waals surface area contributed by atoms with Gasteiger partial charge < -0.3 is 0 Å². The van der Waals surface area contributed by atoms with Crippen LogP contribution in [0.15, 0.2) is 132 Å². The zero-order chi connectivity index (χ0) is 25.2. The summed E-state index contributed by atoms with van der Waals surface area (Å²) in [6.45, 7) is 10.5. The van der Waals surface area contributed by atoms with Gasteiger partial charge in [0, 0.05) is 11.8 Å². The largest absolute Gasteiger partial charge is 0.288 e. The molecule has 0 unspecified atom stereocenters. The lowest BCUT2D eigenvalue weighted by Crippen LogP contribution is -2.26. The highest BCUT2D eigenvalue weighted by atomic mass is 14.7. The molecule has 2 nitrogen and oxygen atoms in total. The smallest absolute Gasteiger partial charge is 0.0709 e. The lowest BCUT2D eigenvalue weighted by Gasteiger charge is -2.06. The molecule has 0 N–H and O–H groups in total. The van der Waals surface area contributed by atoms with E-state index in [1.807, 2.05) is 24.4 Å². The summed E-state index contributed by atoms with van der Waals surface area (Å²) in [5, 5.41) is 2.36. The molecule has 36 heavy (non-hydrogen) atoms. The zero-order valence-electron chi connectivity index (χ0n) is 20.6. The Kier molecular flexibility index (Phi) is 8.35. The molecule has 0 saturated heterocycles. The Morgan fingerprint density at radius 1 is 0.778 bits per heavy atom. The van der Waals surface area contributed by atoms with Crippen molar-refractivity contribution in [3.8, 4) is 11.1 Å². The van der Waals surface area contributed by atoms with Gasteiger partial charge in [-0.3, -0.25) is 9.98 Å². The Labute approximate surface area is 213 Å². The summed E-state index contributed by atoms with van der Waals surface area (Å²) in [5.74, 6) is 0. The van der Waals surface area contributed by atoms with E-state index in [-0.39, 0.29) is 0 Å². The third kappa shape index (κ3) is 5.92. The van der Waals surface area contributed by atoms with Gasteiger partial charge in [0.05, 0.1) is 12.2 Å². The van der Waals surface area contributed by atoms with Gasteiger partial charge in [0.2, 0.25) is 0 Å². The first-order valence-electron chi connectivity index (χ1n) is 12.0. The Bertz CT molecular complexity index is 1520. The summed E-state index contributed by atoms with van der Waals surface area (Å²) in [7, 11) is 0. The van der Waals surface area contributed by atoms with E-state index in [9.17, 15) is 0 Å². The van der Waals surface area contributed by atoms with Crippen LogP contribution in [0.3, 0.4) is 0 Å². The quantitative estimate of drug-likeness (QED) is 0.254. The van der Waals surface area contributed by atoms with Gasteiger partial charge in [-0.25, -0.2) is 0 Å². The van der Waals surface area contributed by atoms with Crippen molar-refractivity contribution in [2.75, 3.05) is 0 Å². The molecule has 0 heterocycles. The summed E-state index contributed by atoms with van der Waals surface area (Å²) < 4.78 is 0. The van der Waals surface area contributed by atoms with Crippen LogP contribution in [0, 0.1) is 0 Å². The second kappa shape index (κ2) is 12.2. The highest BCUT2D eigenvalue weighted by molar-refractivity contribution is 5.85. The van der Waals surface area contributed by atoms with Gasteiger partial charge in [0.15, 0.2) is 0 Å². The van der Waals surface area contributed by atoms with E-state index in [0.29, 0.717) is 6.54 Å². The summed E-state index contributed by atoms with van der Waals surface area (Å²) in [6, 6.07) is 35.6. The maximum absolute atomic E-state index is 4.60. The third-order valence-electron chi connectivity index (χ3n) is 6.07. The van der Waals surface area contributed by atoms with Crippen molar-refractivity contribution >= 4 is 30.3 Å². The predicted octanol–water partition coefficient (Wildman–Crippen LogP) is 6.85. The average molecular weight is 467 g/mol. The van der Waals surface area contributed by atoms with Crippen LogP contribution >= 0.6 is 0 Å². The van der Waals surface area contributed by atoms with Crippen molar-refractivity contribution in [2.45, 2.75) is 13.5 Å². The topological polar surface area (TPSA) is 24.7 Å². The van der Waals surface area contributed by atoms with Crippen LogP contribution in [-0.2, 0) is 6.54 Å². The second-order valence-electron chi connectivity index (χ2n) is 8.34. The molecule has 0 spiro atoms. The number of benzene rings is 4. The number of allylic oxidation sites excluding steroid dienone is 2. The molecular formula is C34H30N2. The van der Waals surface area contributed by atoms with E-state index < -0.39 is 0 Å². The molecule has 0 aliphatic heterocycles. The van der Waals surface area contributed by atoms with Crippen LogP contribution < -0.4 is 10.4 Å². The summed E-state index contributed by atoms with van der Waals surface area (Å²) in [5.41, 5.74) is 7.55. The van der Waals surface area contributed by atoms with Crippen LogP contribution in [-0.4, -0.2) is 12.9 Å². The second-order valence-corrected chi connectivity index (χ2v) is 8.34. The molecule has 0 amide bonds. The molecule has 0 radical (unpaired) electrons. The van der Waals surface area contributed by atoms with Crippen LogP contribution in [0.25, 0.3) is 28.5 Å². The number of hydrogen-bond acceptors (Lipinski definition) is 2. The fraction of sp³-hybridized carbons (Fsp3) is 0.0588. The Morgan fingerprint density at radius 3 is 2.19 bits per heavy atom. The zero-order valence-corrected chi connectivity index (χ0v) is 20.6. The molecule has 2 heteroatoms. The molecule has 0 fully saturated rings. The molecule has 176 valence electrons. The molecule has 0 aliphatic carbocycles. The van der Waals surface area contributed by atoms with Crippen molar-refractivity contribution in [1.82, 2.24) is 0 Å². The first-order chi connectivity index (χ1) is 17.7. The highest BCUT2D eigenvalue weighted by Crippen LogP contribution is 2.21. The standard InChI is InChI=1S/C34H30N2/c1-4-27-13-9-10-17-33(27)32(5-2)29-18-20-30(21-19-29)34(35-3)22-23-36-25-26-12-11-16-31(24-26)28-14-7-6-8-15-28/h4-24H,2-3,25H2,1H3/b27-4-,33-32+,34-22-,36-23?. The molecular weight excluding hydrogens is 436 g/mol. The van der Waals surface area contributed by atoms with E-state index in [4.69, 9.17) is 0 Å². The Balaban J connectivity index is 1.52. The monoisotopic (exact) mass is 466 g/mol. The molecule has 0 atom stereocenters. The maximum atomic E-state index is 4.60. The van der Waals surface area contributed by atoms with Gasteiger partial charge in [-0.05, 0) is 64.0 Å². The number of nitrogens with zero attached hydrogens (tertiary/aromatic N) is 2. The SMILES string of the molecule is C=C/C(c1ccc(/C(=C/C=NCc2cccc(-c3ccccc3)c2)N=C)cc1)=c1/cccc/c1=C/C. The van der Waals surface area contributed by atoms with E-state index in [1.54, 1.807) is 0 Å². The molecule has 0 bridgehead atoms. The number of rotatable bonds is 8. The number of aliphatic imine (C=N–C) groups is 2. The van der Waals surface area contributed by atoms with E-state index >= 15 is 0 Å². The Morgan fingerprint density at radius 2 is 1.47 bits per heavy atom. The lowest BCUT2D eigenvalue weighted by atomic mass is 9.99. The van der Waals surface area contributed by atoms with Crippen LogP contribution in [0.4, 0.5) is 0 Å². The molecule has 0 aliphatic rings. The van der Waals surface area contributed by atoms with Crippen molar-refractivity contribution in [3.05, 3.63) is 149 Å². The molecule has 0 aromatic heterocycles. The van der Waals surface area contributed by atoms with Crippen LogP contribution in [0.1, 0.15) is 23.6 Å². The first-order valence-corrected chi connectivity index (χ1v) is 12.0. The van der Waals surface area contributed by atoms with Gasteiger partial charge in [-0.15, -0.1) is 0 Å². The average Bonchev–Trinajstić information content (AvgIpc) is 2.95. The minimum atomic E-state index is 0.603. The lowest BCUT2D eigenvalue weighted by molar-refractivity contribution is 1.08. The third-order valence-corrected chi connectivity index (χ3v) is 6.07. The van der Waals surface area contributed by atoms with Gasteiger partial charge in [0.1, 0.15) is 0 Å². The minimum absolute atomic E-state index is 0.603. The number of hydrogen-bond donors (Lipinski definition) is 0. The summed E-state index contributed by atoms with van der Waals surface area (Å²) in [6.07, 6.45) is 7.75. The van der Waals surface area contributed by atoms with Crippen molar-refractivity contribution in [3.63, 3.8) is 0 Å². The first kappa shape index (κ1) is 24.6. The van der Waals surface area contributed by atoms with E-state index in [2.05, 4.69) is 133 Å². The van der Waals surface area contributed by atoms with Gasteiger partial charge in [-0.1, -0.05) is 116 Å². The summed E-state index contributed by atoms with van der Waals surface area (Å²) >= 11 is 0. The van der Waals surface area contributed by atoms with Crippen molar-refractivity contribution in [1.29, 1.82) is 0 Å². The van der Waals surface area contributed by atoms with E-state index in [1.165, 1.54) is 21.6 Å². The highest BCUT2D eigenvalue weighted by Gasteiger charge is 2.03. The normalized spacial score (nSPS) is 13.0. The molecule has 0 saturated carbocycles. The minimum Gasteiger partial charge on any atom is -0.288 e. The van der Waals surface area contributed by atoms with E-state index in [0.717, 1.165) is 28.0 Å². The Hall–Kier alpha value is -4.56.